The highest BCUT2D eigenvalue weighted by Gasteiger charge is 2.20. The highest BCUT2D eigenvalue weighted by Crippen LogP contribution is 2.27. The number of hydrogen-bond acceptors (Lipinski definition) is 3. The predicted octanol–water partition coefficient (Wildman–Crippen LogP) is 6.63. The van der Waals surface area contributed by atoms with Crippen LogP contribution in [-0.4, -0.2) is 21.5 Å². The van der Waals surface area contributed by atoms with Gasteiger partial charge in [-0.1, -0.05) is 55.5 Å². The Balaban J connectivity index is 0.000000830. The van der Waals surface area contributed by atoms with Gasteiger partial charge in [0.05, 0.1) is 14.2 Å². The van der Waals surface area contributed by atoms with Crippen LogP contribution in [0.1, 0.15) is 48.3 Å². The molecular weight excluding hydrogens is 489 g/mol. The number of hydrogen-bond donors (Lipinski definition) is 1. The van der Waals surface area contributed by atoms with E-state index in [9.17, 15) is 17.3 Å². The smallest absolute Gasteiger partial charge is 0.497 e. The molecule has 0 saturated carbocycles. The normalized spacial score (nSPS) is 12.0. The van der Waals surface area contributed by atoms with E-state index < -0.39 is 7.25 Å². The summed E-state index contributed by atoms with van der Waals surface area (Å²) in [6.45, 7) is 4.34. The van der Waals surface area contributed by atoms with Gasteiger partial charge >= 0.3 is 7.25 Å². The first kappa shape index (κ1) is 28.9. The summed E-state index contributed by atoms with van der Waals surface area (Å²) in [5.74, 6) is 1.73. The van der Waals surface area contributed by atoms with Crippen molar-refractivity contribution >= 4 is 41.9 Å². The number of halogens is 4. The molecule has 192 valence electrons. The Bertz CT molecular complexity index is 1140. The van der Waals surface area contributed by atoms with E-state index in [0.717, 1.165) is 39.5 Å². The minimum atomic E-state index is -6.00. The second kappa shape index (κ2) is 13.7. The SMILES string of the molecule is CCC(=Cc1cc(C=C(CC)c2ccc(OC)cc2)sc(=[NH2+])c1)c1ccc(OC)cc1.F[B-](F)(F)F. The standard InChI is InChI=1S/C27H29NO2S.BF4/c1-5-20(22-7-11-24(29-3)12-8-22)15-19-16-26(31-27(28)17-19)18-21(6-2)23-9-13-25(30-4)14-10-23;2-1(3,4)5/h7-18,28H,5-6H2,1-4H3;/q;-1/p+1. The van der Waals surface area contributed by atoms with Crippen molar-refractivity contribution in [3.63, 3.8) is 0 Å². The molecule has 2 N–H and O–H groups in total. The lowest BCUT2D eigenvalue weighted by atomic mass is 10.00. The van der Waals surface area contributed by atoms with Gasteiger partial charge in [0.25, 0.3) is 4.67 Å². The summed E-state index contributed by atoms with van der Waals surface area (Å²) in [4.78, 5) is 1.14. The van der Waals surface area contributed by atoms with Crippen molar-refractivity contribution in [2.45, 2.75) is 26.7 Å². The van der Waals surface area contributed by atoms with E-state index in [2.05, 4.69) is 56.3 Å². The molecule has 0 radical (unpaired) electrons. The minimum absolute atomic E-state index is 0.801. The first-order valence-corrected chi connectivity index (χ1v) is 12.2. The van der Waals surface area contributed by atoms with Crippen LogP contribution < -0.4 is 19.6 Å². The number of methoxy groups -OCH3 is 2. The molecule has 1 aromatic heterocycles. The predicted molar refractivity (Wildman–Crippen MR) is 142 cm³/mol. The van der Waals surface area contributed by atoms with E-state index in [1.807, 2.05) is 30.3 Å². The largest absolute Gasteiger partial charge is 0.673 e. The van der Waals surface area contributed by atoms with Crippen molar-refractivity contribution < 1.29 is 32.1 Å². The average Bonchev–Trinajstić information content (AvgIpc) is 2.85. The maximum atomic E-state index is 9.75. The highest BCUT2D eigenvalue weighted by molar-refractivity contribution is 7.10. The molecule has 3 nitrogen and oxygen atoms in total. The molecular formula is C27H30BF4NO2S. The molecule has 36 heavy (non-hydrogen) atoms. The van der Waals surface area contributed by atoms with Crippen LogP contribution in [0.2, 0.25) is 0 Å². The fraction of sp³-hybridized carbons (Fsp3) is 0.222. The van der Waals surface area contributed by atoms with E-state index in [4.69, 9.17) is 14.9 Å². The van der Waals surface area contributed by atoms with Crippen molar-refractivity contribution in [2.75, 3.05) is 14.2 Å². The Morgan fingerprint density at radius 2 is 1.19 bits per heavy atom. The van der Waals surface area contributed by atoms with Crippen LogP contribution in [0.4, 0.5) is 17.3 Å². The topological polar surface area (TPSA) is 44.0 Å². The van der Waals surface area contributed by atoms with Gasteiger partial charge in [0, 0.05) is 10.9 Å². The van der Waals surface area contributed by atoms with Crippen molar-refractivity contribution in [2.24, 2.45) is 0 Å². The Morgan fingerprint density at radius 1 is 0.778 bits per heavy atom. The maximum Gasteiger partial charge on any atom is 0.673 e. The summed E-state index contributed by atoms with van der Waals surface area (Å²) < 4.78 is 50.4. The highest BCUT2D eigenvalue weighted by atomic mass is 32.1. The zero-order valence-electron chi connectivity index (χ0n) is 20.7. The van der Waals surface area contributed by atoms with Gasteiger partial charge in [-0.3, -0.25) is 0 Å². The third kappa shape index (κ3) is 9.74. The lowest BCUT2D eigenvalue weighted by molar-refractivity contribution is -0.167. The van der Waals surface area contributed by atoms with Gasteiger partial charge in [-0.05, 0) is 77.1 Å². The second-order valence-corrected chi connectivity index (χ2v) is 8.84. The van der Waals surface area contributed by atoms with E-state index >= 15 is 0 Å². The summed E-state index contributed by atoms with van der Waals surface area (Å²) in [5, 5.41) is 6.27. The summed E-state index contributed by atoms with van der Waals surface area (Å²) in [6.07, 6.45) is 6.33. The lowest BCUT2D eigenvalue weighted by Gasteiger charge is -2.08. The summed E-state index contributed by atoms with van der Waals surface area (Å²) in [5.41, 5.74) is 6.03. The quantitative estimate of drug-likeness (QED) is 0.268. The zero-order valence-corrected chi connectivity index (χ0v) is 21.6. The van der Waals surface area contributed by atoms with E-state index in [1.165, 1.54) is 22.3 Å². The average molecular weight is 519 g/mol. The number of nitrogens with two attached hydrogens (primary N) is 1. The minimum Gasteiger partial charge on any atom is -0.497 e. The zero-order chi connectivity index (χ0) is 26.7. The monoisotopic (exact) mass is 519 g/mol. The maximum absolute atomic E-state index is 9.75. The van der Waals surface area contributed by atoms with Crippen molar-refractivity contribution in [1.82, 2.24) is 0 Å². The van der Waals surface area contributed by atoms with Crippen LogP contribution in [0.15, 0.2) is 60.7 Å². The lowest BCUT2D eigenvalue weighted by Crippen LogP contribution is -2.43. The number of rotatable bonds is 8. The Labute approximate surface area is 213 Å². The number of benzene rings is 2. The molecule has 3 rings (SSSR count). The molecule has 0 spiro atoms. The molecule has 0 atom stereocenters. The van der Waals surface area contributed by atoms with E-state index in [-0.39, 0.29) is 0 Å². The molecule has 0 aliphatic heterocycles. The molecule has 2 aromatic carbocycles. The van der Waals surface area contributed by atoms with Gasteiger partial charge in [-0.25, -0.2) is 5.41 Å². The number of allylic oxidation sites excluding steroid dienone is 2. The fourth-order valence-electron chi connectivity index (χ4n) is 3.48. The second-order valence-electron chi connectivity index (χ2n) is 7.69. The van der Waals surface area contributed by atoms with Crippen LogP contribution >= 0.6 is 11.3 Å². The van der Waals surface area contributed by atoms with Crippen LogP contribution in [0, 0.1) is 0 Å². The van der Waals surface area contributed by atoms with Gasteiger partial charge in [0.2, 0.25) is 0 Å². The van der Waals surface area contributed by atoms with Crippen LogP contribution in [0.3, 0.4) is 0 Å². The Kier molecular flexibility index (Phi) is 11.0. The molecule has 0 saturated heterocycles. The molecule has 0 aliphatic carbocycles. The van der Waals surface area contributed by atoms with Gasteiger partial charge in [-0.15, -0.1) is 0 Å². The summed E-state index contributed by atoms with van der Waals surface area (Å²) in [6, 6.07) is 20.6. The first-order valence-electron chi connectivity index (χ1n) is 11.4. The van der Waals surface area contributed by atoms with E-state index in [0.29, 0.717) is 0 Å². The summed E-state index contributed by atoms with van der Waals surface area (Å²) in [7, 11) is -2.63. The molecule has 0 bridgehead atoms. The first-order chi connectivity index (χ1) is 17.1. The molecule has 0 aliphatic rings. The molecule has 1 heterocycles. The van der Waals surface area contributed by atoms with Gasteiger partial charge in [-0.2, -0.15) is 0 Å². The van der Waals surface area contributed by atoms with E-state index in [1.54, 1.807) is 25.6 Å². The molecule has 0 fully saturated rings. The van der Waals surface area contributed by atoms with Crippen LogP contribution in [-0.2, 0) is 0 Å². The van der Waals surface area contributed by atoms with Gasteiger partial charge in [0.15, 0.2) is 0 Å². The fourth-order valence-corrected chi connectivity index (χ4v) is 4.35. The summed E-state index contributed by atoms with van der Waals surface area (Å²) >= 11 is 1.60. The van der Waals surface area contributed by atoms with Crippen molar-refractivity contribution in [3.8, 4) is 11.5 Å². The third-order valence-corrected chi connectivity index (χ3v) is 6.02. The van der Waals surface area contributed by atoms with Crippen molar-refractivity contribution in [1.29, 1.82) is 0 Å². The van der Waals surface area contributed by atoms with Gasteiger partial charge < -0.3 is 26.7 Å². The van der Waals surface area contributed by atoms with Crippen molar-refractivity contribution in [3.05, 3.63) is 86.9 Å². The Morgan fingerprint density at radius 3 is 1.58 bits per heavy atom. The number of ether oxygens (including phenoxy) is 2. The Hall–Kier alpha value is -3.33. The third-order valence-electron chi connectivity index (χ3n) is 5.19. The molecule has 0 unspecified atom stereocenters. The van der Waals surface area contributed by atoms with Crippen LogP contribution in [0.5, 0.6) is 11.5 Å². The van der Waals surface area contributed by atoms with Crippen LogP contribution in [0.25, 0.3) is 23.3 Å². The molecule has 0 amide bonds. The molecule has 9 heteroatoms. The molecule has 3 aromatic rings. The van der Waals surface area contributed by atoms with Gasteiger partial charge in [0.1, 0.15) is 11.5 Å².